The molecule has 5 heteroatoms. The van der Waals surface area contributed by atoms with Crippen LogP contribution in [0.2, 0.25) is 0 Å². The quantitative estimate of drug-likeness (QED) is 0.497. The summed E-state index contributed by atoms with van der Waals surface area (Å²) in [5.74, 6) is -1.38. The van der Waals surface area contributed by atoms with Crippen LogP contribution in [0.25, 0.3) is 0 Å². The highest BCUT2D eigenvalue weighted by molar-refractivity contribution is 5.98. The predicted octanol–water partition coefficient (Wildman–Crippen LogP) is 0.969. The lowest BCUT2D eigenvalue weighted by Gasteiger charge is -2.43. The van der Waals surface area contributed by atoms with Crippen LogP contribution in [0.5, 0.6) is 0 Å². The summed E-state index contributed by atoms with van der Waals surface area (Å²) in [5, 5.41) is 0. The van der Waals surface area contributed by atoms with Gasteiger partial charge in [0.2, 0.25) is 11.6 Å². The Bertz CT molecular complexity index is 206. The van der Waals surface area contributed by atoms with E-state index in [9.17, 15) is 0 Å². The van der Waals surface area contributed by atoms with Gasteiger partial charge in [-0.2, -0.15) is 0 Å². The molecule has 0 heterocycles. The Morgan fingerprint density at radius 1 is 0.875 bits per heavy atom. The van der Waals surface area contributed by atoms with Gasteiger partial charge >= 0.3 is 0 Å². The molecule has 1 rings (SSSR count). The molecule has 96 valence electrons. The summed E-state index contributed by atoms with van der Waals surface area (Å²) < 4.78 is 23.2. The lowest BCUT2D eigenvalue weighted by molar-refractivity contribution is -0.371. The largest absolute Gasteiger partial charge is 0.397 e. The maximum atomic E-state index is 5.84. The van der Waals surface area contributed by atoms with Gasteiger partial charge in [0.15, 0.2) is 0 Å². The van der Waals surface area contributed by atoms with E-state index in [0.717, 1.165) is 19.3 Å². The van der Waals surface area contributed by atoms with Crippen LogP contribution in [-0.2, 0) is 18.6 Å². The van der Waals surface area contributed by atoms with E-state index >= 15 is 0 Å². The molecule has 1 unspecified atom stereocenters. The molecule has 1 aliphatic rings. The number of hydrogen-bond acceptors (Lipinski definition) is 4. The molecule has 16 heavy (non-hydrogen) atoms. The Morgan fingerprint density at radius 2 is 1.31 bits per heavy atom. The Balaban J connectivity index is 2.92. The fourth-order valence-electron chi connectivity index (χ4n) is 2.54. The molecule has 1 fully saturated rings. The molecule has 4 nitrogen and oxygen atoms in total. The smallest absolute Gasteiger partial charge is 0.222 e. The van der Waals surface area contributed by atoms with Crippen molar-refractivity contribution >= 4 is 10.5 Å². The van der Waals surface area contributed by atoms with Gasteiger partial charge in [-0.3, -0.25) is 0 Å². The van der Waals surface area contributed by atoms with Crippen LogP contribution < -0.4 is 0 Å². The van der Waals surface area contributed by atoms with E-state index in [1.165, 1.54) is 0 Å². The lowest BCUT2D eigenvalue weighted by atomic mass is 10.1. The van der Waals surface area contributed by atoms with Crippen molar-refractivity contribution in [3.05, 3.63) is 0 Å². The van der Waals surface area contributed by atoms with Gasteiger partial charge in [0, 0.05) is 32.7 Å². The van der Waals surface area contributed by atoms with E-state index in [0.29, 0.717) is 30.3 Å². The second-order valence-electron chi connectivity index (χ2n) is 3.86. The number of ether oxygens (including phenoxy) is 3. The summed E-state index contributed by atoms with van der Waals surface area (Å²) in [5.41, 5.74) is 0. The molecule has 0 aromatic rings. The third-order valence-electron chi connectivity index (χ3n) is 3.05. The highest BCUT2D eigenvalue weighted by Gasteiger charge is 2.58. The van der Waals surface area contributed by atoms with Crippen molar-refractivity contribution in [1.29, 1.82) is 0 Å². The molecule has 1 aliphatic carbocycles. The third kappa shape index (κ3) is 2.33. The van der Waals surface area contributed by atoms with E-state index in [2.05, 4.69) is 0 Å². The van der Waals surface area contributed by atoms with Crippen LogP contribution in [0.15, 0.2) is 0 Å². The number of rotatable bonds is 7. The first-order chi connectivity index (χ1) is 7.70. The summed E-state index contributed by atoms with van der Waals surface area (Å²) in [6.45, 7) is 7.76. The van der Waals surface area contributed by atoms with Crippen molar-refractivity contribution in [1.82, 2.24) is 0 Å². The minimum atomic E-state index is -0.700. The van der Waals surface area contributed by atoms with Gasteiger partial charge in [0.1, 0.15) is 10.5 Å². The summed E-state index contributed by atoms with van der Waals surface area (Å²) in [6.07, 6.45) is 2.71. The molecule has 0 bridgehead atoms. The van der Waals surface area contributed by atoms with E-state index in [4.69, 9.17) is 18.6 Å². The van der Waals surface area contributed by atoms with Crippen LogP contribution in [0.1, 0.15) is 40.0 Å². The van der Waals surface area contributed by atoms with Crippen molar-refractivity contribution < 1.29 is 18.6 Å². The van der Waals surface area contributed by atoms with Gasteiger partial charge in [-0.05, 0) is 27.2 Å². The Kier molecular flexibility index (Phi) is 5.40. The Labute approximate surface area is 101 Å². The first-order valence-corrected chi connectivity index (χ1v) is 6.99. The normalized spacial score (nSPS) is 28.7. The standard InChI is InChI=1S/C11H24O4Si/c1-4-12-10(13-5-2)8-7-9-11(10,15-16)14-6-3/h4-9H2,1-3,16H3. The van der Waals surface area contributed by atoms with Crippen molar-refractivity contribution in [3.8, 4) is 0 Å². The average molecular weight is 248 g/mol. The second kappa shape index (κ2) is 6.12. The van der Waals surface area contributed by atoms with Crippen molar-refractivity contribution in [2.75, 3.05) is 19.8 Å². The molecule has 0 saturated heterocycles. The number of hydrogen-bond donors (Lipinski definition) is 0. The summed E-state index contributed by atoms with van der Waals surface area (Å²) in [4.78, 5) is 0. The van der Waals surface area contributed by atoms with Crippen molar-refractivity contribution in [2.24, 2.45) is 0 Å². The SMILES string of the molecule is CCOC1(O[SiH3])CCCC1(OCC)OCC. The van der Waals surface area contributed by atoms with Crippen molar-refractivity contribution in [3.63, 3.8) is 0 Å². The molecule has 0 spiro atoms. The zero-order valence-electron chi connectivity index (χ0n) is 10.9. The molecule has 0 aromatic carbocycles. The van der Waals surface area contributed by atoms with Gasteiger partial charge in [-0.15, -0.1) is 0 Å². The zero-order valence-corrected chi connectivity index (χ0v) is 12.9. The predicted molar refractivity (Wildman–Crippen MR) is 65.2 cm³/mol. The molecular formula is C11H24O4Si. The molecular weight excluding hydrogens is 224 g/mol. The van der Waals surface area contributed by atoms with Crippen LogP contribution in [-0.4, -0.2) is 41.9 Å². The Morgan fingerprint density at radius 3 is 1.75 bits per heavy atom. The van der Waals surface area contributed by atoms with Crippen molar-refractivity contribution in [2.45, 2.75) is 51.6 Å². The fourth-order valence-corrected chi connectivity index (χ4v) is 3.17. The van der Waals surface area contributed by atoms with Crippen LogP contribution in [0.4, 0.5) is 0 Å². The van der Waals surface area contributed by atoms with E-state index < -0.39 is 11.6 Å². The monoisotopic (exact) mass is 248 g/mol. The minimum absolute atomic E-state index is 0.611. The van der Waals surface area contributed by atoms with E-state index in [1.807, 2.05) is 20.8 Å². The van der Waals surface area contributed by atoms with Crippen LogP contribution >= 0.6 is 0 Å². The van der Waals surface area contributed by atoms with Gasteiger partial charge in [0.05, 0.1) is 0 Å². The molecule has 0 radical (unpaired) electrons. The summed E-state index contributed by atoms with van der Waals surface area (Å²) in [7, 11) is 0.620. The van der Waals surface area contributed by atoms with Gasteiger partial charge in [-0.1, -0.05) is 0 Å². The van der Waals surface area contributed by atoms with E-state index in [-0.39, 0.29) is 0 Å². The molecule has 0 aromatic heterocycles. The van der Waals surface area contributed by atoms with Gasteiger partial charge in [-0.25, -0.2) is 0 Å². The first kappa shape index (κ1) is 14.1. The molecule has 0 N–H and O–H groups in total. The molecule has 1 atom stereocenters. The second-order valence-corrected chi connectivity index (χ2v) is 4.27. The fraction of sp³-hybridized carbons (Fsp3) is 1.00. The zero-order chi connectivity index (χ0) is 12.1. The molecule has 0 amide bonds. The van der Waals surface area contributed by atoms with E-state index in [1.54, 1.807) is 0 Å². The van der Waals surface area contributed by atoms with Crippen LogP contribution in [0, 0.1) is 0 Å². The molecule has 0 aliphatic heterocycles. The average Bonchev–Trinajstić information content (AvgIpc) is 2.60. The summed E-state index contributed by atoms with van der Waals surface area (Å²) in [6, 6.07) is 0. The van der Waals surface area contributed by atoms with Crippen LogP contribution in [0.3, 0.4) is 0 Å². The maximum absolute atomic E-state index is 5.84. The lowest BCUT2D eigenvalue weighted by Crippen LogP contribution is -2.57. The Hall–Kier alpha value is 0.0569. The minimum Gasteiger partial charge on any atom is -0.397 e. The summed E-state index contributed by atoms with van der Waals surface area (Å²) >= 11 is 0. The topological polar surface area (TPSA) is 36.9 Å². The first-order valence-electron chi connectivity index (χ1n) is 6.17. The highest BCUT2D eigenvalue weighted by Crippen LogP contribution is 2.46. The van der Waals surface area contributed by atoms with Gasteiger partial charge in [0.25, 0.3) is 0 Å². The maximum Gasteiger partial charge on any atom is 0.222 e. The van der Waals surface area contributed by atoms with Gasteiger partial charge < -0.3 is 18.6 Å². The highest BCUT2D eigenvalue weighted by atomic mass is 28.2. The third-order valence-corrected chi connectivity index (χ3v) is 3.71. The molecule has 1 saturated carbocycles.